The first-order valence-corrected chi connectivity index (χ1v) is 9.21. The van der Waals surface area contributed by atoms with Gasteiger partial charge in [-0.15, -0.1) is 0 Å². The summed E-state index contributed by atoms with van der Waals surface area (Å²) in [4.78, 5) is 22.9. The molecule has 1 atom stereocenters. The number of hydrogen-bond acceptors (Lipinski definition) is 7. The van der Waals surface area contributed by atoms with E-state index in [0.29, 0.717) is 35.8 Å². The van der Waals surface area contributed by atoms with Gasteiger partial charge in [-0.3, -0.25) is 5.32 Å². The zero-order valence-electron chi connectivity index (χ0n) is 14.3. The van der Waals surface area contributed by atoms with Crippen LogP contribution in [0, 0.1) is 6.92 Å². The zero-order chi connectivity index (χ0) is 17.9. The summed E-state index contributed by atoms with van der Waals surface area (Å²) in [6.07, 6.45) is 1.80. The second-order valence-electron chi connectivity index (χ2n) is 6.18. The molecule has 0 spiro atoms. The van der Waals surface area contributed by atoms with Gasteiger partial charge in [-0.25, -0.2) is 9.78 Å². The van der Waals surface area contributed by atoms with Crippen LogP contribution in [0.4, 0.5) is 9.93 Å². The minimum atomic E-state index is -0.173. The van der Waals surface area contributed by atoms with Gasteiger partial charge in [0.15, 0.2) is 0 Å². The Balaban J connectivity index is 1.43. The molecule has 9 heteroatoms. The molecule has 0 saturated carbocycles. The average Bonchev–Trinajstić information content (AvgIpc) is 3.32. The maximum Gasteiger partial charge on any atom is 0.323 e. The second-order valence-corrected chi connectivity index (χ2v) is 6.94. The van der Waals surface area contributed by atoms with Crippen LogP contribution >= 0.6 is 11.5 Å². The number of likely N-dealkylation sites (tertiary alicyclic amines) is 1. The highest BCUT2D eigenvalue weighted by atomic mass is 32.1. The molecule has 1 unspecified atom stereocenters. The summed E-state index contributed by atoms with van der Waals surface area (Å²) in [5, 5.41) is 7.39. The number of nitrogens with zero attached hydrogens (tertiary/aromatic N) is 5. The SMILES string of the molecule is Cc1nsc(NC(=O)N2CCCC(c3nc(-c4ccccc4)no3)C2)n1. The fourth-order valence-electron chi connectivity index (χ4n) is 2.99. The Morgan fingerprint density at radius 1 is 1.31 bits per heavy atom. The Morgan fingerprint density at radius 2 is 2.15 bits per heavy atom. The predicted octanol–water partition coefficient (Wildman–Crippen LogP) is 3.31. The maximum absolute atomic E-state index is 12.5. The van der Waals surface area contributed by atoms with Crippen molar-refractivity contribution in [2.75, 3.05) is 18.4 Å². The molecule has 4 rings (SSSR count). The van der Waals surface area contributed by atoms with Crippen molar-refractivity contribution in [3.05, 3.63) is 42.0 Å². The second kappa shape index (κ2) is 7.20. The van der Waals surface area contributed by atoms with Gasteiger partial charge in [-0.1, -0.05) is 35.5 Å². The molecule has 0 radical (unpaired) electrons. The Bertz CT molecular complexity index is 894. The van der Waals surface area contributed by atoms with Gasteiger partial charge in [0, 0.05) is 30.2 Å². The van der Waals surface area contributed by atoms with Crippen LogP contribution in [0.1, 0.15) is 30.5 Å². The number of piperidine rings is 1. The summed E-state index contributed by atoms with van der Waals surface area (Å²) in [5.74, 6) is 1.84. The zero-order valence-corrected chi connectivity index (χ0v) is 15.1. The molecule has 1 saturated heterocycles. The molecular weight excluding hydrogens is 352 g/mol. The van der Waals surface area contributed by atoms with Crippen LogP contribution in [0.15, 0.2) is 34.9 Å². The fraction of sp³-hybridized carbons (Fsp3) is 0.353. The van der Waals surface area contributed by atoms with E-state index in [-0.39, 0.29) is 11.9 Å². The molecule has 26 heavy (non-hydrogen) atoms. The summed E-state index contributed by atoms with van der Waals surface area (Å²) in [7, 11) is 0. The van der Waals surface area contributed by atoms with Gasteiger partial charge in [0.25, 0.3) is 0 Å². The largest absolute Gasteiger partial charge is 0.339 e. The minimum absolute atomic E-state index is 0.0376. The van der Waals surface area contributed by atoms with E-state index in [1.165, 1.54) is 11.5 Å². The molecule has 0 bridgehead atoms. The molecule has 0 aliphatic carbocycles. The Morgan fingerprint density at radius 3 is 2.92 bits per heavy atom. The number of benzene rings is 1. The third-order valence-electron chi connectivity index (χ3n) is 4.27. The monoisotopic (exact) mass is 370 g/mol. The third kappa shape index (κ3) is 3.57. The van der Waals surface area contributed by atoms with Crippen LogP contribution < -0.4 is 5.32 Å². The third-order valence-corrected chi connectivity index (χ3v) is 4.99. The predicted molar refractivity (Wildman–Crippen MR) is 96.9 cm³/mol. The normalized spacial score (nSPS) is 17.3. The Labute approximate surface area is 154 Å². The summed E-state index contributed by atoms with van der Waals surface area (Å²) in [6, 6.07) is 9.54. The quantitative estimate of drug-likeness (QED) is 0.760. The first-order chi connectivity index (χ1) is 12.7. The maximum atomic E-state index is 12.5. The summed E-state index contributed by atoms with van der Waals surface area (Å²) >= 11 is 1.18. The van der Waals surface area contributed by atoms with Crippen LogP contribution in [-0.4, -0.2) is 43.5 Å². The smallest absolute Gasteiger partial charge is 0.323 e. The van der Waals surface area contributed by atoms with Crippen molar-refractivity contribution in [2.24, 2.45) is 0 Å². The number of aromatic nitrogens is 4. The van der Waals surface area contributed by atoms with Crippen molar-refractivity contribution in [1.82, 2.24) is 24.4 Å². The molecule has 1 fully saturated rings. The molecule has 3 aromatic rings. The van der Waals surface area contributed by atoms with Gasteiger partial charge in [-0.2, -0.15) is 9.36 Å². The minimum Gasteiger partial charge on any atom is -0.339 e. The van der Waals surface area contributed by atoms with Crippen molar-refractivity contribution in [3.63, 3.8) is 0 Å². The molecule has 1 aliphatic rings. The number of rotatable bonds is 3. The number of nitrogens with one attached hydrogen (secondary N) is 1. The Kier molecular flexibility index (Phi) is 4.61. The Hall–Kier alpha value is -2.81. The van der Waals surface area contributed by atoms with E-state index >= 15 is 0 Å². The molecular formula is C17H18N6O2S. The van der Waals surface area contributed by atoms with Gasteiger partial charge in [0.2, 0.25) is 16.8 Å². The number of carbonyl (C=O) groups is 1. The number of amides is 2. The van der Waals surface area contributed by atoms with Crippen molar-refractivity contribution in [3.8, 4) is 11.4 Å². The number of carbonyl (C=O) groups excluding carboxylic acids is 1. The van der Waals surface area contributed by atoms with Crippen LogP contribution in [-0.2, 0) is 0 Å². The number of urea groups is 1. The van der Waals surface area contributed by atoms with Crippen LogP contribution in [0.5, 0.6) is 0 Å². The summed E-state index contributed by atoms with van der Waals surface area (Å²) < 4.78 is 9.54. The summed E-state index contributed by atoms with van der Waals surface area (Å²) in [5.41, 5.74) is 0.916. The van der Waals surface area contributed by atoms with Crippen molar-refractivity contribution < 1.29 is 9.32 Å². The van der Waals surface area contributed by atoms with Gasteiger partial charge < -0.3 is 9.42 Å². The molecule has 1 aliphatic heterocycles. The van der Waals surface area contributed by atoms with Gasteiger partial charge in [-0.05, 0) is 19.8 Å². The van der Waals surface area contributed by atoms with E-state index in [4.69, 9.17) is 4.52 Å². The van der Waals surface area contributed by atoms with E-state index in [9.17, 15) is 4.79 Å². The number of anilines is 1. The number of aryl methyl sites for hydroxylation is 1. The standard InChI is InChI=1S/C17H18N6O2S/c1-11-18-16(26-22-11)20-17(24)23-9-5-8-13(10-23)15-19-14(21-25-15)12-6-3-2-4-7-12/h2-4,6-7,13H,5,8-10H2,1H3,(H,18,20,22,24). The highest BCUT2D eigenvalue weighted by Crippen LogP contribution is 2.28. The van der Waals surface area contributed by atoms with Crippen LogP contribution in [0.25, 0.3) is 11.4 Å². The van der Waals surface area contributed by atoms with Crippen LogP contribution in [0.2, 0.25) is 0 Å². The highest BCUT2D eigenvalue weighted by Gasteiger charge is 2.29. The van der Waals surface area contributed by atoms with E-state index in [1.54, 1.807) is 11.8 Å². The lowest BCUT2D eigenvalue weighted by Crippen LogP contribution is -2.41. The highest BCUT2D eigenvalue weighted by molar-refractivity contribution is 7.09. The van der Waals surface area contributed by atoms with Gasteiger partial charge in [0.05, 0.1) is 5.92 Å². The number of hydrogen-bond donors (Lipinski definition) is 1. The molecule has 8 nitrogen and oxygen atoms in total. The molecule has 1 N–H and O–H groups in total. The molecule has 1 aromatic carbocycles. The molecule has 2 aromatic heterocycles. The van der Waals surface area contributed by atoms with Gasteiger partial charge >= 0.3 is 6.03 Å². The van der Waals surface area contributed by atoms with Crippen molar-refractivity contribution in [2.45, 2.75) is 25.7 Å². The summed E-state index contributed by atoms with van der Waals surface area (Å²) in [6.45, 7) is 3.03. The first-order valence-electron chi connectivity index (χ1n) is 8.44. The topological polar surface area (TPSA) is 97.0 Å². The van der Waals surface area contributed by atoms with Crippen molar-refractivity contribution >= 4 is 22.7 Å². The molecule has 2 amide bonds. The van der Waals surface area contributed by atoms with E-state index in [1.807, 2.05) is 30.3 Å². The fourth-order valence-corrected chi connectivity index (χ4v) is 3.55. The average molecular weight is 370 g/mol. The lowest BCUT2D eigenvalue weighted by Gasteiger charge is -2.30. The van der Waals surface area contributed by atoms with Gasteiger partial charge in [0.1, 0.15) is 5.82 Å². The van der Waals surface area contributed by atoms with Crippen molar-refractivity contribution in [1.29, 1.82) is 0 Å². The lowest BCUT2D eigenvalue weighted by molar-refractivity contribution is 0.184. The van der Waals surface area contributed by atoms with E-state index in [0.717, 1.165) is 18.4 Å². The molecule has 134 valence electrons. The van der Waals surface area contributed by atoms with Crippen LogP contribution in [0.3, 0.4) is 0 Å². The lowest BCUT2D eigenvalue weighted by atomic mass is 9.98. The van der Waals surface area contributed by atoms with E-state index in [2.05, 4.69) is 24.8 Å². The van der Waals surface area contributed by atoms with E-state index < -0.39 is 0 Å². The molecule has 3 heterocycles. The first kappa shape index (κ1) is 16.6.